The Morgan fingerprint density at radius 2 is 1.23 bits per heavy atom. The highest BCUT2D eigenvalue weighted by molar-refractivity contribution is 5.95. The molecule has 6 amide bonds. The van der Waals surface area contributed by atoms with E-state index in [0.717, 1.165) is 16.6 Å². The number of aliphatic carboxylic acids is 7. The lowest BCUT2D eigenvalue weighted by Crippen LogP contribution is -2.60. The number of carbonyl (C=O) groups excluding carboxylic acids is 6. The molecule has 7 rings (SSSR count). The van der Waals surface area contributed by atoms with Crippen molar-refractivity contribution in [3.05, 3.63) is 66.0 Å². The summed E-state index contributed by atoms with van der Waals surface area (Å²) in [4.78, 5) is 191. The number of aliphatic hydroxyl groups is 6. The van der Waals surface area contributed by atoms with E-state index in [2.05, 4.69) is 73.4 Å². The molecule has 744 valence electrons. The van der Waals surface area contributed by atoms with Crippen LogP contribution >= 0.6 is 0 Å². The van der Waals surface area contributed by atoms with Crippen LogP contribution in [0, 0.1) is 11.8 Å². The molecule has 133 heavy (non-hydrogen) atoms. The molecule has 0 radical (unpaired) electrons. The number of aliphatic hydroxyl groups excluding tert-OH is 6. The summed E-state index contributed by atoms with van der Waals surface area (Å²) < 4.78 is 0. The van der Waals surface area contributed by atoms with Crippen molar-refractivity contribution in [3.8, 4) is 0 Å². The maximum absolute atomic E-state index is 14.8. The van der Waals surface area contributed by atoms with Crippen LogP contribution in [0.5, 0.6) is 0 Å². The Kier molecular flexibility index (Phi) is 47.3. The number of aromatic nitrogens is 2. The van der Waals surface area contributed by atoms with Crippen LogP contribution in [0.15, 0.2) is 65.2 Å². The van der Waals surface area contributed by atoms with Crippen molar-refractivity contribution in [2.45, 2.75) is 233 Å². The van der Waals surface area contributed by atoms with E-state index in [1.807, 2.05) is 42.5 Å². The van der Waals surface area contributed by atoms with Crippen LogP contribution in [-0.2, 0) is 68.9 Å². The molecular weight excluding hydrogens is 1750 g/mol. The third kappa shape index (κ3) is 40.8. The lowest BCUT2D eigenvalue weighted by molar-refractivity contribution is -0.141. The predicted octanol–water partition coefficient (Wildman–Crippen LogP) is -6.23. The number of H-pyrrole nitrogens is 1. The summed E-state index contributed by atoms with van der Waals surface area (Å²) in [6.45, 7) is -1.15. The Hall–Kier alpha value is -10.4. The zero-order chi connectivity index (χ0) is 97.2. The highest BCUT2D eigenvalue weighted by Crippen LogP contribution is 2.32. The van der Waals surface area contributed by atoms with E-state index in [4.69, 9.17) is 11.5 Å². The standard InChI is InChI=1S/C85H138N22O26/c1-102(46-65-93-55-16-7-8-17-56(55)94-65)83(132)52-20-21-54-53(41-52)45-107(84(133)64(92-54)43-72(117)118)31-12-3-2-10-29-89-76(125)59(99-80(129)61(24-27-70(113)114)100-79(128)60(23-26-69(111)112)95-68(110)47-103-32-34-104(48-73(119)120)36-38-106(50-75(123)124)39-37-105(35-33-103)49-74(121)122)22-25-66(108)88-28-11-9-18-58-78(127)97-57(19-13-30-90-85(86)87)77(126)91-44-67(109)96-63(42-71(115)116)82(131)101-62(81(130)98-58)40-51-14-5-4-6-15-51/h4-8,14,16-17,41,51-52,54,57-64,66,77-79,83-84,88,91-92,97,100,108,126-128,132-133H,2-3,9-13,15,18-40,42-50H2,1H3,(H,89,125)(H,93,94)(H,95,110)(H,96,109)(H,98,130)(H,99,129)(H,101,131)(H,111,112)(H,113,114)(H,115,116)(H,117,118)(H,119,120)(H,121,122)(H,123,124)(H4,86,87,90)/t51-,52+,54?,57?,58-,59-,60-,61-,62+,63-,64-,66+,77+,78+,79-,83-,84-/m0/s1. The van der Waals surface area contributed by atoms with Crippen LogP contribution in [0.3, 0.4) is 0 Å². The molecule has 2 aromatic rings. The third-order valence-electron chi connectivity index (χ3n) is 23.9. The third-order valence-corrected chi connectivity index (χ3v) is 23.9. The fraction of sp³-hybridized carbons (Fsp3) is 0.682. The van der Waals surface area contributed by atoms with E-state index in [1.165, 1.54) is 9.80 Å². The van der Waals surface area contributed by atoms with Crippen molar-refractivity contribution in [1.82, 2.24) is 97.9 Å². The average molecular weight is 1880 g/mol. The monoisotopic (exact) mass is 1880 g/mol. The lowest BCUT2D eigenvalue weighted by atomic mass is 9.85. The van der Waals surface area contributed by atoms with Gasteiger partial charge in [0.1, 0.15) is 61.3 Å². The number of carboxylic acids is 7. The zero-order valence-corrected chi connectivity index (χ0v) is 75.1. The molecule has 0 saturated carbocycles. The summed E-state index contributed by atoms with van der Waals surface area (Å²) in [7, 11) is 1.80. The maximum Gasteiger partial charge on any atom is 0.317 e. The number of benzene rings is 1. The number of nitrogens with one attached hydrogen (secondary N) is 12. The molecule has 2 unspecified atom stereocenters. The summed E-state index contributed by atoms with van der Waals surface area (Å²) in [6, 6.07) is -3.61. The number of imidazole rings is 1. The molecule has 1 aromatic carbocycles. The number of allylic oxidation sites excluding steroid dienone is 4. The number of nitrogens with two attached hydrogens (primary N) is 2. The SMILES string of the molecule is CN(Cc1nc2ccccc2[nH]1)[C@@H](O)[C@H]1C=C2CN(CCCCCCNC(=O)[C@H](CC[C@@H](O)NCCCC[C@@H]3NC(=O)[C@@H](C[C@H]4C=CC=CC4)NC(=O)[C@H](CC(=O)O)NC(=O)CN[C@H](O)C(CCCN=C(N)N)N[C@@H]3O)NC(=O)[C@H](CCC(=O)O)N[C@@H](O)[C@H](CCC(=O)O)NC(=O)CN3CCN(CC(=O)O)CCN(CC(=O)O)CCN(CC(=O)O)CC3)[C@@H](O)[C@H](CC(=O)O)NC2CC1. The summed E-state index contributed by atoms with van der Waals surface area (Å²) in [6.07, 6.45) is 0.224. The van der Waals surface area contributed by atoms with Gasteiger partial charge in [0.15, 0.2) is 5.96 Å². The highest BCUT2D eigenvalue weighted by atomic mass is 16.4. The van der Waals surface area contributed by atoms with Gasteiger partial charge < -0.3 is 120 Å². The van der Waals surface area contributed by atoms with Crippen molar-refractivity contribution in [2.75, 3.05) is 125 Å². The van der Waals surface area contributed by atoms with Gasteiger partial charge in [-0.2, -0.15) is 0 Å². The molecule has 3 saturated heterocycles. The van der Waals surface area contributed by atoms with Crippen LogP contribution in [0.1, 0.15) is 141 Å². The molecule has 0 bridgehead atoms. The van der Waals surface area contributed by atoms with E-state index in [0.29, 0.717) is 63.9 Å². The van der Waals surface area contributed by atoms with Gasteiger partial charge in [-0.05, 0) is 134 Å². The maximum atomic E-state index is 14.8. The molecule has 29 N–H and O–H groups in total. The molecule has 4 heterocycles. The fourth-order valence-electron chi connectivity index (χ4n) is 16.8. The number of aliphatic imine (C=N–C) groups is 1. The van der Waals surface area contributed by atoms with E-state index in [1.54, 1.807) is 38.8 Å². The van der Waals surface area contributed by atoms with E-state index in [-0.39, 0.29) is 160 Å². The van der Waals surface area contributed by atoms with Crippen molar-refractivity contribution < 1.29 is 129 Å². The number of fused-ring (bicyclic) bond motifs is 2. The van der Waals surface area contributed by atoms with Crippen LogP contribution in [0.25, 0.3) is 11.0 Å². The van der Waals surface area contributed by atoms with Gasteiger partial charge in [-0.25, -0.2) is 4.98 Å². The number of unbranched alkanes of at least 4 members (excludes halogenated alkanes) is 4. The van der Waals surface area contributed by atoms with Crippen LogP contribution < -0.4 is 70.0 Å². The number of hydrogen-bond acceptors (Lipinski definition) is 32. The summed E-state index contributed by atoms with van der Waals surface area (Å²) in [5.41, 5.74) is 13.6. The highest BCUT2D eigenvalue weighted by Gasteiger charge is 2.41. The van der Waals surface area contributed by atoms with Gasteiger partial charge in [0.05, 0.1) is 87.3 Å². The molecule has 48 heteroatoms. The zero-order valence-electron chi connectivity index (χ0n) is 75.1. The first-order valence-corrected chi connectivity index (χ1v) is 45.4. The molecule has 0 spiro atoms. The molecular formula is C85H138N22O26. The number of amides is 6. The smallest absolute Gasteiger partial charge is 0.317 e. The molecule has 5 aliphatic rings. The van der Waals surface area contributed by atoms with Gasteiger partial charge in [0.25, 0.3) is 0 Å². The Balaban J connectivity index is 1.07. The van der Waals surface area contributed by atoms with E-state index >= 15 is 0 Å². The topological polar surface area (TPSA) is 730 Å². The fourth-order valence-corrected chi connectivity index (χ4v) is 16.8. The second-order valence-corrected chi connectivity index (χ2v) is 34.5. The van der Waals surface area contributed by atoms with Crippen molar-refractivity contribution in [2.24, 2.45) is 28.3 Å². The number of guanidine groups is 1. The van der Waals surface area contributed by atoms with Crippen molar-refractivity contribution in [1.29, 1.82) is 0 Å². The quantitative estimate of drug-likeness (QED) is 0.00963. The molecule has 48 nitrogen and oxygen atoms in total. The number of nitrogens with zero attached hydrogens (tertiary/aromatic N) is 8. The first kappa shape index (κ1) is 110. The van der Waals surface area contributed by atoms with Crippen LogP contribution in [-0.4, -0.2) is 406 Å². The van der Waals surface area contributed by atoms with Crippen LogP contribution in [0.4, 0.5) is 0 Å². The Labute approximate surface area is 770 Å². The summed E-state index contributed by atoms with van der Waals surface area (Å²) >= 11 is 0. The van der Waals surface area contributed by atoms with Gasteiger partial charge in [0.2, 0.25) is 35.4 Å². The number of rotatable bonds is 51. The van der Waals surface area contributed by atoms with Gasteiger partial charge >= 0.3 is 41.8 Å². The number of hydrogen-bond donors (Lipinski definition) is 27. The number of carboxylic acid groups (broad SMARTS) is 7. The Morgan fingerprint density at radius 3 is 1.84 bits per heavy atom. The molecule has 2 aliphatic carbocycles. The minimum absolute atomic E-state index is 0.00584. The first-order valence-electron chi connectivity index (χ1n) is 45.4. The molecule has 1 aromatic heterocycles. The van der Waals surface area contributed by atoms with Gasteiger partial charge in [-0.15, -0.1) is 0 Å². The van der Waals surface area contributed by atoms with E-state index < -0.39 is 228 Å². The second-order valence-electron chi connectivity index (χ2n) is 34.5. The minimum Gasteiger partial charge on any atom is -0.481 e. The van der Waals surface area contributed by atoms with Crippen LogP contribution in [0.2, 0.25) is 0 Å². The predicted molar refractivity (Wildman–Crippen MR) is 479 cm³/mol. The largest absolute Gasteiger partial charge is 0.481 e. The van der Waals surface area contributed by atoms with Gasteiger partial charge in [-0.3, -0.25) is 118 Å². The van der Waals surface area contributed by atoms with Crippen molar-refractivity contribution >= 4 is 94.2 Å². The Morgan fingerprint density at radius 1 is 0.609 bits per heavy atom. The summed E-state index contributed by atoms with van der Waals surface area (Å²) in [5, 5.41) is 170. The molecule has 3 aliphatic heterocycles. The average Bonchev–Trinajstić information content (AvgIpc) is 1.68. The summed E-state index contributed by atoms with van der Waals surface area (Å²) in [5.74, 6) is -14.4. The Bertz CT molecular complexity index is 4170. The molecule has 17 atom stereocenters. The number of para-hydroxylation sites is 2. The number of aromatic amines is 1. The minimum atomic E-state index is -2.03. The van der Waals surface area contributed by atoms with Gasteiger partial charge in [-0.1, -0.05) is 55.4 Å². The molecule has 3 fully saturated rings. The van der Waals surface area contributed by atoms with Gasteiger partial charge in [0, 0.05) is 109 Å². The first-order chi connectivity index (χ1) is 63.3. The second kappa shape index (κ2) is 57.4. The van der Waals surface area contributed by atoms with Crippen molar-refractivity contribution in [3.63, 3.8) is 0 Å². The van der Waals surface area contributed by atoms with E-state index in [9.17, 15) is 129 Å². The normalized spacial score (nSPS) is 24.1. The number of carbonyl (C=O) groups is 13. The lowest BCUT2D eigenvalue weighted by Gasteiger charge is -2.35.